The summed E-state index contributed by atoms with van der Waals surface area (Å²) in [6.45, 7) is 6.44. The molecular formula is C30H40F3N3O5S. The van der Waals surface area contributed by atoms with Crippen LogP contribution in [-0.4, -0.2) is 61.2 Å². The Balaban J connectivity index is 1.47. The van der Waals surface area contributed by atoms with Gasteiger partial charge >= 0.3 is 6.18 Å². The number of alkyl halides is 3. The number of hydrogen-bond acceptors (Lipinski definition) is 7. The van der Waals surface area contributed by atoms with E-state index in [1.54, 1.807) is 19.1 Å². The number of rotatable bonds is 11. The normalized spacial score (nSPS) is 22.2. The minimum Gasteiger partial charge on any atom is -0.371 e. The van der Waals surface area contributed by atoms with Gasteiger partial charge in [0.2, 0.25) is 0 Å². The number of halogens is 3. The van der Waals surface area contributed by atoms with Crippen LogP contribution in [0.3, 0.4) is 0 Å². The number of pyridine rings is 1. The van der Waals surface area contributed by atoms with Crippen LogP contribution in [0.2, 0.25) is 0 Å². The lowest BCUT2D eigenvalue weighted by Crippen LogP contribution is -2.35. The Bertz CT molecular complexity index is 1330. The summed E-state index contributed by atoms with van der Waals surface area (Å²) in [5, 5.41) is 12.1. The Morgan fingerprint density at radius 3 is 2.40 bits per heavy atom. The summed E-state index contributed by atoms with van der Waals surface area (Å²) < 4.78 is 69.0. The van der Waals surface area contributed by atoms with Crippen LogP contribution in [0, 0.1) is 17.8 Å². The number of benzene rings is 1. The zero-order valence-corrected chi connectivity index (χ0v) is 25.0. The van der Waals surface area contributed by atoms with Crippen LogP contribution < -0.4 is 5.32 Å². The van der Waals surface area contributed by atoms with E-state index in [0.717, 1.165) is 11.3 Å². The number of aromatic nitrogens is 1. The van der Waals surface area contributed by atoms with E-state index in [1.165, 1.54) is 18.3 Å². The standard InChI is InChI=1S/C30H40F3N3O5S/c1-4-42(39,40)25-11-7-21(8-12-25)26(17-41-18-37)35-29(38)22-13-23-16-36(28(19(2)3)27(23)34-14-22)15-20-5-9-24(10-6-20)30(31,32)33/h7-8,11-14,19-20,24,26,28,37H,4-6,9-10,15-18H2,1-3H3,(H,35,38)/t20-,24+,26-,28-/m0/s1. The number of sulfone groups is 1. The van der Waals surface area contributed by atoms with E-state index in [0.29, 0.717) is 37.1 Å². The third-order valence-corrected chi connectivity index (χ3v) is 10.2. The van der Waals surface area contributed by atoms with E-state index in [1.807, 2.05) is 6.07 Å². The molecule has 1 aliphatic carbocycles. The maximum absolute atomic E-state index is 13.3. The van der Waals surface area contributed by atoms with Gasteiger partial charge in [0, 0.05) is 19.3 Å². The van der Waals surface area contributed by atoms with E-state index >= 15 is 0 Å². The van der Waals surface area contributed by atoms with Crippen LogP contribution in [0.15, 0.2) is 41.4 Å². The average molecular weight is 612 g/mol. The minimum atomic E-state index is -4.13. The van der Waals surface area contributed by atoms with E-state index in [2.05, 4.69) is 29.0 Å². The summed E-state index contributed by atoms with van der Waals surface area (Å²) in [7, 11) is -3.38. The number of aliphatic hydroxyl groups is 1. The average Bonchev–Trinajstić information content (AvgIpc) is 3.32. The fraction of sp³-hybridized carbons (Fsp3) is 0.600. The first-order valence-electron chi connectivity index (χ1n) is 14.5. The molecule has 2 aliphatic rings. The molecule has 0 radical (unpaired) electrons. The Morgan fingerprint density at radius 2 is 1.83 bits per heavy atom. The number of hydrogen-bond donors (Lipinski definition) is 2. The van der Waals surface area contributed by atoms with Crippen LogP contribution in [0.25, 0.3) is 0 Å². The second-order valence-electron chi connectivity index (χ2n) is 11.6. The first-order chi connectivity index (χ1) is 19.8. The monoisotopic (exact) mass is 611 g/mol. The molecule has 4 rings (SSSR count). The van der Waals surface area contributed by atoms with Crippen molar-refractivity contribution in [1.82, 2.24) is 15.2 Å². The largest absolute Gasteiger partial charge is 0.391 e. The van der Waals surface area contributed by atoms with E-state index in [-0.39, 0.29) is 48.0 Å². The zero-order valence-electron chi connectivity index (χ0n) is 24.2. The van der Waals surface area contributed by atoms with Gasteiger partial charge in [0.25, 0.3) is 5.91 Å². The molecule has 0 saturated heterocycles. The van der Waals surface area contributed by atoms with Gasteiger partial charge < -0.3 is 15.2 Å². The number of carbonyl (C=O) groups is 1. The molecular weight excluding hydrogens is 571 g/mol. The summed E-state index contributed by atoms with van der Waals surface area (Å²) in [6, 6.07) is 7.38. The zero-order chi connectivity index (χ0) is 30.7. The van der Waals surface area contributed by atoms with Crippen LogP contribution >= 0.6 is 0 Å². The summed E-state index contributed by atoms with van der Waals surface area (Å²) in [5.74, 6) is -1.22. The quantitative estimate of drug-likeness (QED) is 0.337. The molecule has 2 aromatic rings. The van der Waals surface area contributed by atoms with Crippen LogP contribution in [-0.2, 0) is 21.1 Å². The molecule has 1 amide bonds. The maximum atomic E-state index is 13.3. The van der Waals surface area contributed by atoms with Crippen molar-refractivity contribution in [3.8, 4) is 0 Å². The molecule has 42 heavy (non-hydrogen) atoms. The van der Waals surface area contributed by atoms with Gasteiger partial charge in [-0.3, -0.25) is 14.7 Å². The fourth-order valence-corrected chi connectivity index (χ4v) is 7.04. The van der Waals surface area contributed by atoms with E-state index in [9.17, 15) is 31.5 Å². The number of ether oxygens (including phenoxy) is 1. The third kappa shape index (κ3) is 7.50. The van der Waals surface area contributed by atoms with Gasteiger partial charge in [0.15, 0.2) is 9.84 Å². The van der Waals surface area contributed by atoms with Crippen molar-refractivity contribution in [3.63, 3.8) is 0 Å². The Morgan fingerprint density at radius 1 is 1.17 bits per heavy atom. The Hall–Kier alpha value is -2.54. The highest BCUT2D eigenvalue weighted by atomic mass is 32.2. The van der Waals surface area contributed by atoms with Crippen molar-refractivity contribution in [2.24, 2.45) is 17.8 Å². The third-order valence-electron chi connectivity index (χ3n) is 8.45. The second kappa shape index (κ2) is 13.4. The Kier molecular flexibility index (Phi) is 10.3. The van der Waals surface area contributed by atoms with Crippen molar-refractivity contribution in [2.45, 2.75) is 76.2 Å². The van der Waals surface area contributed by atoms with Gasteiger partial charge in [-0.25, -0.2) is 8.42 Å². The van der Waals surface area contributed by atoms with E-state index in [4.69, 9.17) is 4.74 Å². The molecule has 1 saturated carbocycles. The molecule has 2 heterocycles. The first kappa shape index (κ1) is 32.4. The Labute approximate surface area is 245 Å². The van der Waals surface area contributed by atoms with Crippen molar-refractivity contribution < 1.29 is 36.2 Å². The fourth-order valence-electron chi connectivity index (χ4n) is 6.16. The molecule has 0 unspecified atom stereocenters. The van der Waals surface area contributed by atoms with Crippen LogP contribution in [0.4, 0.5) is 13.2 Å². The molecule has 8 nitrogen and oxygen atoms in total. The molecule has 1 fully saturated rings. The highest BCUT2D eigenvalue weighted by Crippen LogP contribution is 2.43. The predicted molar refractivity (Wildman–Crippen MR) is 151 cm³/mol. The summed E-state index contributed by atoms with van der Waals surface area (Å²) in [4.78, 5) is 20.5. The lowest BCUT2D eigenvalue weighted by molar-refractivity contribution is -0.184. The first-order valence-corrected chi connectivity index (χ1v) is 16.1. The number of nitrogens with one attached hydrogen (secondary N) is 1. The van der Waals surface area contributed by atoms with Gasteiger partial charge in [0.1, 0.15) is 6.79 Å². The highest BCUT2D eigenvalue weighted by molar-refractivity contribution is 7.91. The van der Waals surface area contributed by atoms with Crippen LogP contribution in [0.5, 0.6) is 0 Å². The SMILES string of the molecule is CCS(=O)(=O)c1ccc([C@H](COCO)NC(=O)c2cnc3c(c2)CN(C[C@H]2CC[C@@H](C(F)(F)F)CC2)[C@H]3C(C)C)cc1. The van der Waals surface area contributed by atoms with Crippen molar-refractivity contribution in [1.29, 1.82) is 0 Å². The molecule has 0 bridgehead atoms. The van der Waals surface area contributed by atoms with Gasteiger partial charge in [-0.15, -0.1) is 0 Å². The van der Waals surface area contributed by atoms with Crippen LogP contribution in [0.1, 0.15) is 85.7 Å². The summed E-state index contributed by atoms with van der Waals surface area (Å²) >= 11 is 0. The summed E-state index contributed by atoms with van der Waals surface area (Å²) in [5.41, 5.74) is 2.77. The molecule has 1 aliphatic heterocycles. The molecule has 232 valence electrons. The molecule has 1 aromatic heterocycles. The predicted octanol–water partition coefficient (Wildman–Crippen LogP) is 5.19. The van der Waals surface area contributed by atoms with Gasteiger partial charge in [-0.05, 0) is 66.8 Å². The smallest absolute Gasteiger partial charge is 0.371 e. The lowest BCUT2D eigenvalue weighted by atomic mass is 9.81. The highest BCUT2D eigenvalue weighted by Gasteiger charge is 2.42. The van der Waals surface area contributed by atoms with E-state index < -0.39 is 40.7 Å². The maximum Gasteiger partial charge on any atom is 0.391 e. The van der Waals surface area contributed by atoms with Gasteiger partial charge in [-0.2, -0.15) is 13.2 Å². The number of carbonyl (C=O) groups excluding carboxylic acids is 1. The lowest BCUT2D eigenvalue weighted by Gasteiger charge is -2.35. The molecule has 2 N–H and O–H groups in total. The number of nitrogens with zero attached hydrogens (tertiary/aromatic N) is 2. The van der Waals surface area contributed by atoms with Crippen molar-refractivity contribution >= 4 is 15.7 Å². The number of aliphatic hydroxyl groups excluding tert-OH is 1. The topological polar surface area (TPSA) is 109 Å². The van der Waals surface area contributed by atoms with Gasteiger partial charge in [-0.1, -0.05) is 32.9 Å². The molecule has 12 heteroatoms. The number of amides is 1. The van der Waals surface area contributed by atoms with Crippen molar-refractivity contribution in [3.05, 3.63) is 58.9 Å². The molecule has 1 aromatic carbocycles. The number of fused-ring (bicyclic) bond motifs is 1. The van der Waals surface area contributed by atoms with Gasteiger partial charge in [0.05, 0.1) is 46.5 Å². The second-order valence-corrected chi connectivity index (χ2v) is 13.9. The molecule has 0 spiro atoms. The molecule has 2 atom stereocenters. The van der Waals surface area contributed by atoms with Crippen molar-refractivity contribution in [2.75, 3.05) is 25.7 Å². The minimum absolute atomic E-state index is 0.0149. The summed E-state index contributed by atoms with van der Waals surface area (Å²) in [6.07, 6.45) is -1.16.